The maximum Gasteiger partial charge on any atom is 0.241 e. The van der Waals surface area contributed by atoms with Gasteiger partial charge >= 0.3 is 0 Å². The van der Waals surface area contributed by atoms with Crippen LogP contribution in [0.3, 0.4) is 0 Å². The molecule has 7 heteroatoms. The third-order valence-electron chi connectivity index (χ3n) is 3.81. The van der Waals surface area contributed by atoms with Crippen LogP contribution >= 0.6 is 11.3 Å². The molecule has 21 heavy (non-hydrogen) atoms. The zero-order valence-electron chi connectivity index (χ0n) is 13.1. The van der Waals surface area contributed by atoms with E-state index in [4.69, 9.17) is 0 Å². The first-order valence-electron chi connectivity index (χ1n) is 7.28. The van der Waals surface area contributed by atoms with Gasteiger partial charge < -0.3 is 10.2 Å². The monoisotopic (exact) mass is 331 g/mol. The Kier molecular flexibility index (Phi) is 5.43. The fourth-order valence-corrected chi connectivity index (χ4v) is 4.61. The van der Waals surface area contributed by atoms with Crippen LogP contribution in [0.1, 0.15) is 29.5 Å². The fourth-order valence-electron chi connectivity index (χ4n) is 1.90. The summed E-state index contributed by atoms with van der Waals surface area (Å²) in [6, 6.07) is 2.60. The number of aryl methyl sites for hydroxylation is 1. The summed E-state index contributed by atoms with van der Waals surface area (Å²) >= 11 is 1.56. The van der Waals surface area contributed by atoms with E-state index in [-0.39, 0.29) is 6.04 Å². The Morgan fingerprint density at radius 3 is 2.67 bits per heavy atom. The van der Waals surface area contributed by atoms with Gasteiger partial charge in [-0.3, -0.25) is 0 Å². The van der Waals surface area contributed by atoms with Gasteiger partial charge in [0.05, 0.1) is 4.90 Å². The van der Waals surface area contributed by atoms with Crippen LogP contribution in [0.5, 0.6) is 0 Å². The average Bonchev–Trinajstić information content (AvgIpc) is 3.16. The number of nitrogens with zero attached hydrogens (tertiary/aromatic N) is 1. The number of hydrogen-bond donors (Lipinski definition) is 2. The zero-order valence-corrected chi connectivity index (χ0v) is 14.8. The predicted molar refractivity (Wildman–Crippen MR) is 87.3 cm³/mol. The van der Waals surface area contributed by atoms with E-state index in [0.29, 0.717) is 17.5 Å². The highest BCUT2D eigenvalue weighted by Crippen LogP contribution is 2.27. The average molecular weight is 332 g/mol. The summed E-state index contributed by atoms with van der Waals surface area (Å²) in [4.78, 5) is 4.35. The highest BCUT2D eigenvalue weighted by Gasteiger charge is 2.23. The minimum atomic E-state index is -3.42. The van der Waals surface area contributed by atoms with Crippen LogP contribution in [0.25, 0.3) is 0 Å². The van der Waals surface area contributed by atoms with Crippen molar-refractivity contribution in [3.8, 4) is 0 Å². The summed E-state index contributed by atoms with van der Waals surface area (Å²) in [7, 11) is 0.466. The van der Waals surface area contributed by atoms with Crippen LogP contribution in [-0.4, -0.2) is 46.0 Å². The maximum atomic E-state index is 12.4. The molecule has 0 saturated heterocycles. The van der Waals surface area contributed by atoms with Gasteiger partial charge in [0, 0.05) is 34.9 Å². The lowest BCUT2D eigenvalue weighted by Gasteiger charge is -2.19. The Morgan fingerprint density at radius 1 is 1.43 bits per heavy atom. The van der Waals surface area contributed by atoms with Crippen LogP contribution in [0, 0.1) is 6.92 Å². The number of rotatable bonds is 8. The van der Waals surface area contributed by atoms with Gasteiger partial charge in [-0.25, -0.2) is 13.1 Å². The molecular formula is C14H25N3O2S2. The van der Waals surface area contributed by atoms with Crippen molar-refractivity contribution in [2.75, 3.05) is 20.6 Å². The molecule has 0 aromatic carbocycles. The molecule has 1 unspecified atom stereocenters. The third kappa shape index (κ3) is 4.75. The molecule has 1 aromatic heterocycles. The Balaban J connectivity index is 2.00. The SMILES string of the molecule is Cc1sc(CNC2CC2)cc1S(=O)(=O)NCC(C)N(C)C. The molecule has 120 valence electrons. The number of hydrogen-bond acceptors (Lipinski definition) is 5. The second-order valence-corrected chi connectivity index (χ2v) is 9.03. The second kappa shape index (κ2) is 6.75. The van der Waals surface area contributed by atoms with Crippen LogP contribution in [0.2, 0.25) is 0 Å². The lowest BCUT2D eigenvalue weighted by atomic mass is 10.3. The number of likely N-dealkylation sites (N-methyl/N-ethyl adjacent to an activating group) is 1. The summed E-state index contributed by atoms with van der Waals surface area (Å²) in [5.74, 6) is 0. The quantitative estimate of drug-likeness (QED) is 0.758. The first-order valence-corrected chi connectivity index (χ1v) is 9.58. The normalized spacial score (nSPS) is 17.4. The van der Waals surface area contributed by atoms with Crippen LogP contribution in [-0.2, 0) is 16.6 Å². The van der Waals surface area contributed by atoms with Gasteiger partial charge in [0.15, 0.2) is 0 Å². The molecule has 0 bridgehead atoms. The molecule has 0 radical (unpaired) electrons. The Hall–Kier alpha value is -0.470. The summed E-state index contributed by atoms with van der Waals surface area (Å²) in [6.45, 7) is 5.04. The zero-order chi connectivity index (χ0) is 15.6. The molecule has 1 saturated carbocycles. The van der Waals surface area contributed by atoms with Gasteiger partial charge in [0.25, 0.3) is 0 Å². The largest absolute Gasteiger partial charge is 0.309 e. The van der Waals surface area contributed by atoms with Gasteiger partial charge in [0.1, 0.15) is 0 Å². The lowest BCUT2D eigenvalue weighted by molar-refractivity contribution is 0.314. The topological polar surface area (TPSA) is 61.4 Å². The predicted octanol–water partition coefficient (Wildman–Crippen LogP) is 1.54. The molecule has 1 fully saturated rings. The van der Waals surface area contributed by atoms with Gasteiger partial charge in [-0.05, 0) is 46.9 Å². The Bertz CT molecular complexity index is 577. The highest BCUT2D eigenvalue weighted by molar-refractivity contribution is 7.89. The summed E-state index contributed by atoms with van der Waals surface area (Å²) in [5.41, 5.74) is 0. The summed E-state index contributed by atoms with van der Waals surface area (Å²) in [6.07, 6.45) is 2.47. The molecule has 2 N–H and O–H groups in total. The van der Waals surface area contributed by atoms with E-state index in [2.05, 4.69) is 10.0 Å². The van der Waals surface area contributed by atoms with E-state index < -0.39 is 10.0 Å². The highest BCUT2D eigenvalue weighted by atomic mass is 32.2. The van der Waals surface area contributed by atoms with E-state index in [9.17, 15) is 8.42 Å². The number of sulfonamides is 1. The van der Waals surface area contributed by atoms with E-state index >= 15 is 0 Å². The minimum absolute atomic E-state index is 0.162. The summed E-state index contributed by atoms with van der Waals surface area (Å²) < 4.78 is 27.5. The van der Waals surface area contributed by atoms with E-state index in [0.717, 1.165) is 16.3 Å². The second-order valence-electron chi connectivity index (χ2n) is 5.95. The molecule has 1 heterocycles. The van der Waals surface area contributed by atoms with E-state index in [1.165, 1.54) is 12.8 Å². The molecule has 5 nitrogen and oxygen atoms in total. The molecule has 1 aromatic rings. The van der Waals surface area contributed by atoms with Crippen molar-refractivity contribution in [2.24, 2.45) is 0 Å². The van der Waals surface area contributed by atoms with Crippen LogP contribution < -0.4 is 10.0 Å². The number of thiophene rings is 1. The molecule has 0 aliphatic heterocycles. The molecule has 0 spiro atoms. The third-order valence-corrected chi connectivity index (χ3v) is 6.53. The van der Waals surface area contributed by atoms with Crippen molar-refractivity contribution >= 4 is 21.4 Å². The Labute approximate surface area is 131 Å². The van der Waals surface area contributed by atoms with Crippen molar-refractivity contribution in [3.63, 3.8) is 0 Å². The van der Waals surface area contributed by atoms with Crippen molar-refractivity contribution < 1.29 is 8.42 Å². The van der Waals surface area contributed by atoms with Crippen molar-refractivity contribution in [2.45, 2.75) is 50.2 Å². The fraction of sp³-hybridized carbons (Fsp3) is 0.714. The van der Waals surface area contributed by atoms with Gasteiger partial charge in [-0.15, -0.1) is 11.3 Å². The lowest BCUT2D eigenvalue weighted by Crippen LogP contribution is -2.38. The standard InChI is InChI=1S/C14H25N3O2S2/c1-10(17(3)4)8-16-21(18,19)14-7-13(20-11(14)2)9-15-12-5-6-12/h7,10,12,15-16H,5-6,8-9H2,1-4H3. The van der Waals surface area contributed by atoms with Crippen molar-refractivity contribution in [1.29, 1.82) is 0 Å². The first-order chi connectivity index (χ1) is 9.79. The molecular weight excluding hydrogens is 306 g/mol. The van der Waals surface area contributed by atoms with Gasteiger partial charge in [-0.1, -0.05) is 0 Å². The molecule has 0 amide bonds. The molecule has 2 rings (SSSR count). The van der Waals surface area contributed by atoms with Crippen molar-refractivity contribution in [3.05, 3.63) is 15.8 Å². The van der Waals surface area contributed by atoms with E-state index in [1.807, 2.05) is 32.8 Å². The maximum absolute atomic E-state index is 12.4. The molecule has 1 atom stereocenters. The number of nitrogens with one attached hydrogen (secondary N) is 2. The van der Waals surface area contributed by atoms with Crippen LogP contribution in [0.4, 0.5) is 0 Å². The molecule has 1 aliphatic carbocycles. The first kappa shape index (κ1) is 16.9. The Morgan fingerprint density at radius 2 is 2.10 bits per heavy atom. The minimum Gasteiger partial charge on any atom is -0.309 e. The van der Waals surface area contributed by atoms with Crippen molar-refractivity contribution in [1.82, 2.24) is 14.9 Å². The summed E-state index contributed by atoms with van der Waals surface area (Å²) in [5, 5.41) is 3.42. The molecule has 1 aliphatic rings. The van der Waals surface area contributed by atoms with E-state index in [1.54, 1.807) is 17.4 Å². The van der Waals surface area contributed by atoms with Gasteiger partial charge in [0.2, 0.25) is 10.0 Å². The van der Waals surface area contributed by atoms with Crippen LogP contribution in [0.15, 0.2) is 11.0 Å². The smallest absolute Gasteiger partial charge is 0.241 e. The van der Waals surface area contributed by atoms with Gasteiger partial charge in [-0.2, -0.15) is 0 Å².